The quantitative estimate of drug-likeness (QED) is 0.907. The lowest BCUT2D eigenvalue weighted by molar-refractivity contribution is -0.125. The van der Waals surface area contributed by atoms with Crippen LogP contribution in [0.4, 0.5) is 0 Å². The number of furan rings is 1. The highest BCUT2D eigenvalue weighted by atomic mass is 32.2. The number of nitrogens with one attached hydrogen (secondary N) is 1. The van der Waals surface area contributed by atoms with E-state index in [-0.39, 0.29) is 23.2 Å². The van der Waals surface area contributed by atoms with Gasteiger partial charge in [-0.15, -0.1) is 11.8 Å². The van der Waals surface area contributed by atoms with Crippen LogP contribution in [0.1, 0.15) is 44.2 Å². The van der Waals surface area contributed by atoms with Gasteiger partial charge in [-0.2, -0.15) is 0 Å². The van der Waals surface area contributed by atoms with Crippen molar-refractivity contribution in [2.75, 3.05) is 5.75 Å². The Balaban J connectivity index is 2.20. The molecule has 0 radical (unpaired) electrons. The van der Waals surface area contributed by atoms with Crippen molar-refractivity contribution in [3.05, 3.63) is 24.2 Å². The number of thioether (sulfide) groups is 1. The molecule has 2 unspecified atom stereocenters. The van der Waals surface area contributed by atoms with Crippen LogP contribution in [-0.4, -0.2) is 39.9 Å². The molecule has 116 valence electrons. The maximum Gasteiger partial charge on any atom is 0.291 e. The highest BCUT2D eigenvalue weighted by molar-refractivity contribution is 8.00. The molecule has 2 heterocycles. The molecule has 5 nitrogen and oxygen atoms in total. The number of nitrogens with zero attached hydrogens (tertiary/aromatic N) is 1. The van der Waals surface area contributed by atoms with Crippen LogP contribution in [0.5, 0.6) is 0 Å². The Morgan fingerprint density at radius 2 is 2.29 bits per heavy atom. The molecule has 1 aliphatic heterocycles. The molecule has 21 heavy (non-hydrogen) atoms. The summed E-state index contributed by atoms with van der Waals surface area (Å²) in [6.07, 6.45) is 3.33. The predicted molar refractivity (Wildman–Crippen MR) is 83.1 cm³/mol. The lowest BCUT2D eigenvalue weighted by Gasteiger charge is -2.28. The molecule has 2 amide bonds. The molecule has 1 aromatic rings. The molecule has 6 heteroatoms. The topological polar surface area (TPSA) is 62.6 Å². The summed E-state index contributed by atoms with van der Waals surface area (Å²) in [5.41, 5.74) is 0. The number of hydrogen-bond acceptors (Lipinski definition) is 4. The minimum atomic E-state index is -0.424. The SMILES string of the molecule is CCCC1SCC(C(=O)NC(C)C)N1C(=O)c1ccco1. The fraction of sp³-hybridized carbons (Fsp3) is 0.600. The van der Waals surface area contributed by atoms with Crippen molar-refractivity contribution in [2.24, 2.45) is 0 Å². The molecular weight excluding hydrogens is 288 g/mol. The fourth-order valence-corrected chi connectivity index (χ4v) is 3.94. The zero-order valence-corrected chi connectivity index (χ0v) is 13.5. The van der Waals surface area contributed by atoms with Gasteiger partial charge < -0.3 is 14.6 Å². The first-order valence-electron chi connectivity index (χ1n) is 7.32. The Morgan fingerprint density at radius 1 is 1.52 bits per heavy atom. The van der Waals surface area contributed by atoms with Crippen molar-refractivity contribution in [1.29, 1.82) is 0 Å². The van der Waals surface area contributed by atoms with Gasteiger partial charge in [-0.3, -0.25) is 9.59 Å². The summed E-state index contributed by atoms with van der Waals surface area (Å²) in [7, 11) is 0. The number of amides is 2. The third-order valence-electron chi connectivity index (χ3n) is 3.33. The van der Waals surface area contributed by atoms with Crippen molar-refractivity contribution in [3.63, 3.8) is 0 Å². The molecule has 1 N–H and O–H groups in total. The molecule has 1 aliphatic rings. The Morgan fingerprint density at radius 3 is 2.86 bits per heavy atom. The van der Waals surface area contributed by atoms with E-state index in [0.29, 0.717) is 11.5 Å². The maximum absolute atomic E-state index is 12.6. The van der Waals surface area contributed by atoms with E-state index in [2.05, 4.69) is 12.2 Å². The molecule has 0 spiro atoms. The molecule has 1 aromatic heterocycles. The van der Waals surface area contributed by atoms with Crippen LogP contribution in [0.3, 0.4) is 0 Å². The molecule has 1 fully saturated rings. The summed E-state index contributed by atoms with van der Waals surface area (Å²) in [6.45, 7) is 5.92. The van der Waals surface area contributed by atoms with Gasteiger partial charge in [0.25, 0.3) is 5.91 Å². The first-order valence-corrected chi connectivity index (χ1v) is 8.37. The molecule has 2 rings (SSSR count). The third-order valence-corrected chi connectivity index (χ3v) is 4.68. The molecule has 0 saturated carbocycles. The van der Waals surface area contributed by atoms with Gasteiger partial charge in [-0.05, 0) is 32.4 Å². The number of hydrogen-bond donors (Lipinski definition) is 1. The van der Waals surface area contributed by atoms with Crippen LogP contribution < -0.4 is 5.32 Å². The van der Waals surface area contributed by atoms with Gasteiger partial charge in [0.1, 0.15) is 6.04 Å². The van der Waals surface area contributed by atoms with Gasteiger partial charge in [0, 0.05) is 11.8 Å². The Bertz CT molecular complexity index is 487. The van der Waals surface area contributed by atoms with E-state index in [1.807, 2.05) is 13.8 Å². The van der Waals surface area contributed by atoms with E-state index in [1.165, 1.54) is 6.26 Å². The van der Waals surface area contributed by atoms with Crippen molar-refractivity contribution in [2.45, 2.75) is 51.1 Å². The summed E-state index contributed by atoms with van der Waals surface area (Å²) in [5.74, 6) is 0.639. The summed E-state index contributed by atoms with van der Waals surface area (Å²) < 4.78 is 5.21. The van der Waals surface area contributed by atoms with Gasteiger partial charge >= 0.3 is 0 Å². The first-order chi connectivity index (χ1) is 10.0. The summed E-state index contributed by atoms with van der Waals surface area (Å²) >= 11 is 1.67. The average molecular weight is 310 g/mol. The van der Waals surface area contributed by atoms with Gasteiger partial charge in [0.2, 0.25) is 5.91 Å². The Kier molecular flexibility index (Phi) is 5.33. The van der Waals surface area contributed by atoms with Crippen LogP contribution >= 0.6 is 11.8 Å². The van der Waals surface area contributed by atoms with Crippen molar-refractivity contribution < 1.29 is 14.0 Å². The molecule has 0 aromatic carbocycles. The van der Waals surface area contributed by atoms with Crippen molar-refractivity contribution in [3.8, 4) is 0 Å². The van der Waals surface area contributed by atoms with Gasteiger partial charge in [0.15, 0.2) is 5.76 Å². The lowest BCUT2D eigenvalue weighted by atomic mass is 10.2. The van der Waals surface area contributed by atoms with Gasteiger partial charge in [-0.25, -0.2) is 0 Å². The molecule has 1 saturated heterocycles. The summed E-state index contributed by atoms with van der Waals surface area (Å²) in [5, 5.41) is 2.94. The normalized spacial score (nSPS) is 21.8. The van der Waals surface area contributed by atoms with Gasteiger partial charge in [-0.1, -0.05) is 13.3 Å². The summed E-state index contributed by atoms with van der Waals surface area (Å²) in [6, 6.07) is 2.97. The molecular formula is C15H22N2O3S. The maximum atomic E-state index is 12.6. The van der Waals surface area contributed by atoms with Gasteiger partial charge in [0.05, 0.1) is 11.6 Å². The van der Waals surface area contributed by atoms with E-state index in [1.54, 1.807) is 28.8 Å². The summed E-state index contributed by atoms with van der Waals surface area (Å²) in [4.78, 5) is 26.7. The van der Waals surface area contributed by atoms with Crippen molar-refractivity contribution >= 4 is 23.6 Å². The fourth-order valence-electron chi connectivity index (χ4n) is 2.42. The van der Waals surface area contributed by atoms with Crippen LogP contribution in [-0.2, 0) is 4.79 Å². The van der Waals surface area contributed by atoms with E-state index in [9.17, 15) is 9.59 Å². The molecule has 0 aliphatic carbocycles. The number of rotatable bonds is 5. The van der Waals surface area contributed by atoms with Crippen molar-refractivity contribution in [1.82, 2.24) is 10.2 Å². The number of carbonyl (C=O) groups excluding carboxylic acids is 2. The van der Waals surface area contributed by atoms with Crippen LogP contribution in [0.15, 0.2) is 22.8 Å². The zero-order chi connectivity index (χ0) is 15.4. The first kappa shape index (κ1) is 15.9. The predicted octanol–water partition coefficient (Wildman–Crippen LogP) is 2.49. The second-order valence-corrected chi connectivity index (χ2v) is 6.66. The van der Waals surface area contributed by atoms with E-state index >= 15 is 0 Å². The average Bonchev–Trinajstić information content (AvgIpc) is 3.06. The lowest BCUT2D eigenvalue weighted by Crippen LogP contribution is -2.51. The zero-order valence-electron chi connectivity index (χ0n) is 12.7. The minimum Gasteiger partial charge on any atom is -0.459 e. The number of carbonyl (C=O) groups is 2. The molecule has 0 bridgehead atoms. The Hall–Kier alpha value is -1.43. The molecule has 2 atom stereocenters. The monoisotopic (exact) mass is 310 g/mol. The van der Waals surface area contributed by atoms with E-state index in [4.69, 9.17) is 4.42 Å². The second-order valence-electron chi connectivity index (χ2n) is 5.45. The van der Waals surface area contributed by atoms with Crippen LogP contribution in [0.2, 0.25) is 0 Å². The largest absolute Gasteiger partial charge is 0.459 e. The van der Waals surface area contributed by atoms with Crippen LogP contribution in [0.25, 0.3) is 0 Å². The van der Waals surface area contributed by atoms with E-state index < -0.39 is 6.04 Å². The highest BCUT2D eigenvalue weighted by Gasteiger charge is 2.42. The highest BCUT2D eigenvalue weighted by Crippen LogP contribution is 2.33. The third kappa shape index (κ3) is 3.61. The smallest absolute Gasteiger partial charge is 0.291 e. The minimum absolute atomic E-state index is 0.0375. The standard InChI is InChI=1S/C15H22N2O3S/c1-4-6-13-17(15(19)12-7-5-8-20-12)11(9-21-13)14(18)16-10(2)3/h5,7-8,10-11,13H,4,6,9H2,1-3H3,(H,16,18). The Labute approximate surface area is 129 Å². The van der Waals surface area contributed by atoms with E-state index in [0.717, 1.165) is 12.8 Å². The van der Waals surface area contributed by atoms with Crippen LogP contribution in [0, 0.1) is 0 Å². The second kappa shape index (κ2) is 7.02.